The van der Waals surface area contributed by atoms with Gasteiger partial charge in [0.15, 0.2) is 0 Å². The second-order valence-corrected chi connectivity index (χ2v) is 16.2. The first kappa shape index (κ1) is 17.2. The van der Waals surface area contributed by atoms with Gasteiger partial charge in [0.05, 0.1) is 19.4 Å². The fourth-order valence-electron chi connectivity index (χ4n) is 2.05. The van der Waals surface area contributed by atoms with E-state index in [1.807, 2.05) is 6.20 Å². The number of hydrogen-bond donors (Lipinski definition) is 0. The molecule has 0 unspecified atom stereocenters. The lowest BCUT2D eigenvalue weighted by atomic mass is 10.3. The zero-order chi connectivity index (χ0) is 16.4. The second kappa shape index (κ2) is 6.55. The molecule has 1 saturated heterocycles. The molecular weight excluding hydrogens is 314 g/mol. The molecule has 1 aromatic heterocycles. The Balaban J connectivity index is 2.30. The van der Waals surface area contributed by atoms with Crippen LogP contribution < -0.4 is 13.8 Å². The maximum Gasteiger partial charge on any atom is 0.305 e. The SMILES string of the molecule is C[Si](C)(C)Oc1ncc(N2CCOCC2)c(O[Si](C)(C)C)n1. The van der Waals surface area contributed by atoms with Gasteiger partial charge in [0.2, 0.25) is 22.5 Å². The minimum absolute atomic E-state index is 0.421. The van der Waals surface area contributed by atoms with Crippen LogP contribution >= 0.6 is 0 Å². The van der Waals surface area contributed by atoms with Crippen LogP contribution in [-0.2, 0) is 4.74 Å². The van der Waals surface area contributed by atoms with Crippen molar-refractivity contribution in [2.24, 2.45) is 0 Å². The summed E-state index contributed by atoms with van der Waals surface area (Å²) >= 11 is 0. The summed E-state index contributed by atoms with van der Waals surface area (Å²) in [5, 5.41) is 0. The van der Waals surface area contributed by atoms with Gasteiger partial charge in [0.1, 0.15) is 5.69 Å². The Hall–Kier alpha value is -1.13. The smallest absolute Gasteiger partial charge is 0.305 e. The van der Waals surface area contributed by atoms with Crippen LogP contribution in [0.4, 0.5) is 5.69 Å². The molecule has 1 fully saturated rings. The summed E-state index contributed by atoms with van der Waals surface area (Å²) in [4.78, 5) is 11.2. The van der Waals surface area contributed by atoms with Crippen LogP contribution in [0.2, 0.25) is 39.3 Å². The maximum atomic E-state index is 6.18. The molecule has 0 N–H and O–H groups in total. The number of nitrogens with zero attached hydrogens (tertiary/aromatic N) is 3. The van der Waals surface area contributed by atoms with Crippen molar-refractivity contribution in [1.29, 1.82) is 0 Å². The van der Waals surface area contributed by atoms with Crippen molar-refractivity contribution >= 4 is 22.3 Å². The predicted octanol–water partition coefficient (Wildman–Crippen LogP) is 2.74. The van der Waals surface area contributed by atoms with Crippen LogP contribution in [0.25, 0.3) is 0 Å². The van der Waals surface area contributed by atoms with Crippen LogP contribution in [0.1, 0.15) is 0 Å². The highest BCUT2D eigenvalue weighted by Crippen LogP contribution is 2.30. The van der Waals surface area contributed by atoms with Gasteiger partial charge in [-0.3, -0.25) is 0 Å². The van der Waals surface area contributed by atoms with Gasteiger partial charge in [0, 0.05) is 13.1 Å². The van der Waals surface area contributed by atoms with E-state index in [2.05, 4.69) is 54.1 Å². The molecule has 1 aliphatic heterocycles. The lowest BCUT2D eigenvalue weighted by Crippen LogP contribution is -2.38. The summed E-state index contributed by atoms with van der Waals surface area (Å²) in [6, 6.07) is 0.421. The van der Waals surface area contributed by atoms with E-state index in [1.54, 1.807) is 0 Å². The fourth-order valence-corrected chi connectivity index (χ4v) is 3.43. The Morgan fingerprint density at radius 3 is 2.14 bits per heavy atom. The Kier molecular flexibility index (Phi) is 5.13. The minimum atomic E-state index is -1.77. The Morgan fingerprint density at radius 1 is 1.00 bits per heavy atom. The van der Waals surface area contributed by atoms with E-state index < -0.39 is 16.6 Å². The third-order valence-corrected chi connectivity index (χ3v) is 4.47. The Morgan fingerprint density at radius 2 is 1.59 bits per heavy atom. The normalized spacial score (nSPS) is 16.5. The Labute approximate surface area is 135 Å². The summed E-state index contributed by atoms with van der Waals surface area (Å²) < 4.78 is 17.5. The van der Waals surface area contributed by atoms with Gasteiger partial charge in [0.25, 0.3) is 0 Å². The first-order valence-corrected chi connectivity index (χ1v) is 14.5. The molecule has 8 heteroatoms. The summed E-state index contributed by atoms with van der Waals surface area (Å²) in [7, 11) is -3.51. The first-order valence-electron chi connectivity index (χ1n) is 7.72. The van der Waals surface area contributed by atoms with E-state index in [4.69, 9.17) is 13.6 Å². The van der Waals surface area contributed by atoms with Gasteiger partial charge in [-0.2, -0.15) is 4.98 Å². The van der Waals surface area contributed by atoms with Crippen molar-refractivity contribution in [2.75, 3.05) is 31.2 Å². The van der Waals surface area contributed by atoms with Crippen molar-refractivity contribution in [2.45, 2.75) is 39.3 Å². The molecule has 0 spiro atoms. The summed E-state index contributed by atoms with van der Waals surface area (Å²) in [6.45, 7) is 15.9. The quantitative estimate of drug-likeness (QED) is 0.768. The molecule has 2 heterocycles. The zero-order valence-electron chi connectivity index (χ0n) is 14.5. The molecule has 0 saturated carbocycles. The molecule has 0 aromatic carbocycles. The number of morpholine rings is 1. The van der Waals surface area contributed by atoms with E-state index >= 15 is 0 Å². The monoisotopic (exact) mass is 341 g/mol. The lowest BCUT2D eigenvalue weighted by molar-refractivity contribution is 0.122. The van der Waals surface area contributed by atoms with Crippen molar-refractivity contribution in [3.05, 3.63) is 6.20 Å². The van der Waals surface area contributed by atoms with E-state index in [1.165, 1.54) is 0 Å². The van der Waals surface area contributed by atoms with Crippen molar-refractivity contribution in [3.63, 3.8) is 0 Å². The molecule has 1 aliphatic rings. The molecular formula is C14H27N3O3Si2. The van der Waals surface area contributed by atoms with Gasteiger partial charge >= 0.3 is 6.01 Å². The summed E-state index contributed by atoms with van der Waals surface area (Å²) in [6.07, 6.45) is 1.82. The number of hydrogen-bond acceptors (Lipinski definition) is 6. The highest BCUT2D eigenvalue weighted by Gasteiger charge is 2.25. The average Bonchev–Trinajstić information content (AvgIpc) is 2.36. The molecule has 2 rings (SSSR count). The van der Waals surface area contributed by atoms with Crippen LogP contribution in [0.5, 0.6) is 11.9 Å². The molecule has 1 aromatic rings. The van der Waals surface area contributed by atoms with E-state index in [0.717, 1.165) is 32.0 Å². The topological polar surface area (TPSA) is 56.7 Å². The van der Waals surface area contributed by atoms with Crippen molar-refractivity contribution in [3.8, 4) is 11.9 Å². The highest BCUT2D eigenvalue weighted by molar-refractivity contribution is 6.70. The molecule has 0 radical (unpaired) electrons. The van der Waals surface area contributed by atoms with E-state index in [-0.39, 0.29) is 0 Å². The molecule has 0 bridgehead atoms. The van der Waals surface area contributed by atoms with Crippen LogP contribution in [-0.4, -0.2) is 52.9 Å². The van der Waals surface area contributed by atoms with Crippen molar-refractivity contribution < 1.29 is 13.6 Å². The number of aromatic nitrogens is 2. The van der Waals surface area contributed by atoms with Gasteiger partial charge in [-0.1, -0.05) is 0 Å². The van der Waals surface area contributed by atoms with Crippen LogP contribution in [0.15, 0.2) is 6.20 Å². The zero-order valence-corrected chi connectivity index (χ0v) is 16.5. The third-order valence-electron chi connectivity index (χ3n) is 2.87. The third kappa shape index (κ3) is 5.25. The van der Waals surface area contributed by atoms with E-state index in [0.29, 0.717) is 11.9 Å². The molecule has 124 valence electrons. The maximum absolute atomic E-state index is 6.18. The number of anilines is 1. The lowest BCUT2D eigenvalue weighted by Gasteiger charge is -2.31. The largest absolute Gasteiger partial charge is 0.530 e. The predicted molar refractivity (Wildman–Crippen MR) is 93.0 cm³/mol. The van der Waals surface area contributed by atoms with E-state index in [9.17, 15) is 0 Å². The van der Waals surface area contributed by atoms with Crippen LogP contribution in [0.3, 0.4) is 0 Å². The molecule has 0 aliphatic carbocycles. The molecule has 22 heavy (non-hydrogen) atoms. The molecule has 0 amide bonds. The second-order valence-electron chi connectivity index (χ2n) is 7.37. The van der Waals surface area contributed by atoms with Gasteiger partial charge in [-0.05, 0) is 39.3 Å². The highest BCUT2D eigenvalue weighted by atomic mass is 28.4. The first-order chi connectivity index (χ1) is 10.1. The number of ether oxygens (including phenoxy) is 1. The average molecular weight is 342 g/mol. The minimum Gasteiger partial charge on any atom is -0.530 e. The standard InChI is InChI=1S/C14H27N3O3Si2/c1-21(2,3)19-13-12(17-7-9-18-10-8-17)11-15-14(16-13)20-22(4,5)6/h11H,7-10H2,1-6H3. The van der Waals surface area contributed by atoms with Gasteiger partial charge in [-0.25, -0.2) is 4.98 Å². The van der Waals surface area contributed by atoms with Crippen molar-refractivity contribution in [1.82, 2.24) is 9.97 Å². The molecule has 0 atom stereocenters. The summed E-state index contributed by atoms with van der Waals surface area (Å²) in [5.41, 5.74) is 0.939. The van der Waals surface area contributed by atoms with Crippen LogP contribution in [0, 0.1) is 0 Å². The fraction of sp³-hybridized carbons (Fsp3) is 0.714. The Bertz CT molecular complexity index is 509. The van der Waals surface area contributed by atoms with Gasteiger partial charge in [-0.15, -0.1) is 0 Å². The summed E-state index contributed by atoms with van der Waals surface area (Å²) in [5.74, 6) is 0.643. The van der Waals surface area contributed by atoms with Gasteiger partial charge < -0.3 is 18.5 Å². The number of rotatable bonds is 5. The molecule has 6 nitrogen and oxygen atoms in total.